The highest BCUT2D eigenvalue weighted by atomic mass is 16.5. The highest BCUT2D eigenvalue weighted by molar-refractivity contribution is 5.31. The third-order valence-electron chi connectivity index (χ3n) is 2.46. The second-order valence-electron chi connectivity index (χ2n) is 3.87. The van der Waals surface area contributed by atoms with Crippen LogP contribution in [0.3, 0.4) is 0 Å². The van der Waals surface area contributed by atoms with Crippen molar-refractivity contribution in [1.29, 1.82) is 0 Å². The molecule has 102 valence electrons. The van der Waals surface area contributed by atoms with Crippen molar-refractivity contribution in [3.05, 3.63) is 17.5 Å². The lowest BCUT2D eigenvalue weighted by atomic mass is 10.3. The molecule has 18 heavy (non-hydrogen) atoms. The maximum Gasteiger partial charge on any atom is 0.225 e. The molecule has 1 aromatic rings. The minimum atomic E-state index is -0.0884. The van der Waals surface area contributed by atoms with Crippen LogP contribution in [0.4, 0.5) is 5.95 Å². The molecule has 0 saturated carbocycles. The SMILES string of the molecule is CCN(CCOCCO)c1nc(C)cc(CO)n1. The van der Waals surface area contributed by atoms with Gasteiger partial charge in [0.25, 0.3) is 0 Å². The molecule has 0 saturated heterocycles. The van der Waals surface area contributed by atoms with Crippen molar-refractivity contribution in [2.24, 2.45) is 0 Å². The largest absolute Gasteiger partial charge is 0.394 e. The molecule has 1 aromatic heterocycles. The fourth-order valence-corrected chi connectivity index (χ4v) is 1.58. The molecule has 0 spiro atoms. The molecular weight excluding hydrogens is 234 g/mol. The molecule has 1 rings (SSSR count). The first-order chi connectivity index (χ1) is 8.71. The van der Waals surface area contributed by atoms with Crippen molar-refractivity contribution in [2.45, 2.75) is 20.5 Å². The van der Waals surface area contributed by atoms with Gasteiger partial charge in [0.1, 0.15) is 0 Å². The van der Waals surface area contributed by atoms with Crippen molar-refractivity contribution in [2.75, 3.05) is 37.8 Å². The van der Waals surface area contributed by atoms with E-state index in [1.165, 1.54) is 0 Å². The molecule has 6 heteroatoms. The van der Waals surface area contributed by atoms with Gasteiger partial charge in [-0.3, -0.25) is 0 Å². The smallest absolute Gasteiger partial charge is 0.225 e. The zero-order chi connectivity index (χ0) is 13.4. The molecule has 0 aliphatic heterocycles. The van der Waals surface area contributed by atoms with Gasteiger partial charge in [-0.1, -0.05) is 0 Å². The van der Waals surface area contributed by atoms with Crippen molar-refractivity contribution in [3.63, 3.8) is 0 Å². The summed E-state index contributed by atoms with van der Waals surface area (Å²) in [6.07, 6.45) is 0. The minimum Gasteiger partial charge on any atom is -0.394 e. The van der Waals surface area contributed by atoms with Crippen LogP contribution in [0.5, 0.6) is 0 Å². The van der Waals surface area contributed by atoms with Gasteiger partial charge < -0.3 is 19.8 Å². The van der Waals surface area contributed by atoms with E-state index in [2.05, 4.69) is 9.97 Å². The number of hydrogen-bond donors (Lipinski definition) is 2. The summed E-state index contributed by atoms with van der Waals surface area (Å²) in [5.74, 6) is 0.606. The predicted octanol–water partition coefficient (Wildman–Crippen LogP) is 0.113. The first kappa shape index (κ1) is 14.8. The van der Waals surface area contributed by atoms with Gasteiger partial charge in [0.05, 0.1) is 32.1 Å². The number of aryl methyl sites for hydroxylation is 1. The number of aromatic nitrogens is 2. The van der Waals surface area contributed by atoms with E-state index in [1.807, 2.05) is 18.7 Å². The number of hydrogen-bond acceptors (Lipinski definition) is 6. The van der Waals surface area contributed by atoms with Crippen LogP contribution in [0.2, 0.25) is 0 Å². The maximum absolute atomic E-state index is 9.13. The average molecular weight is 255 g/mol. The average Bonchev–Trinajstić information content (AvgIpc) is 2.38. The first-order valence-corrected chi connectivity index (χ1v) is 6.10. The fraction of sp³-hybridized carbons (Fsp3) is 0.667. The summed E-state index contributed by atoms with van der Waals surface area (Å²) in [5.41, 5.74) is 1.45. The van der Waals surface area contributed by atoms with Gasteiger partial charge in [-0.2, -0.15) is 0 Å². The summed E-state index contributed by atoms with van der Waals surface area (Å²) < 4.78 is 5.23. The van der Waals surface area contributed by atoms with Crippen molar-refractivity contribution in [1.82, 2.24) is 9.97 Å². The van der Waals surface area contributed by atoms with Gasteiger partial charge >= 0.3 is 0 Å². The van der Waals surface area contributed by atoms with E-state index >= 15 is 0 Å². The van der Waals surface area contributed by atoms with Crippen molar-refractivity contribution >= 4 is 5.95 Å². The number of ether oxygens (including phenoxy) is 1. The zero-order valence-corrected chi connectivity index (χ0v) is 11.0. The van der Waals surface area contributed by atoms with E-state index in [4.69, 9.17) is 14.9 Å². The highest BCUT2D eigenvalue weighted by Crippen LogP contribution is 2.10. The topological polar surface area (TPSA) is 78.7 Å². The van der Waals surface area contributed by atoms with Gasteiger partial charge in [-0.25, -0.2) is 9.97 Å². The lowest BCUT2D eigenvalue weighted by Crippen LogP contribution is -2.29. The molecule has 2 N–H and O–H groups in total. The lowest BCUT2D eigenvalue weighted by molar-refractivity contribution is 0.0966. The number of aliphatic hydroxyl groups is 2. The van der Waals surface area contributed by atoms with E-state index in [0.29, 0.717) is 31.4 Å². The summed E-state index contributed by atoms with van der Waals surface area (Å²) >= 11 is 0. The van der Waals surface area contributed by atoms with Gasteiger partial charge in [-0.15, -0.1) is 0 Å². The standard InChI is InChI=1S/C12H21N3O3/c1-3-15(4-6-18-7-5-16)12-13-10(2)8-11(9-17)14-12/h8,16-17H,3-7,9H2,1-2H3. The zero-order valence-electron chi connectivity index (χ0n) is 11.0. The Balaban J connectivity index is 2.65. The van der Waals surface area contributed by atoms with Crippen molar-refractivity contribution < 1.29 is 14.9 Å². The number of nitrogens with zero attached hydrogens (tertiary/aromatic N) is 3. The van der Waals surface area contributed by atoms with Crippen LogP contribution in [0, 0.1) is 6.92 Å². The second-order valence-corrected chi connectivity index (χ2v) is 3.87. The molecule has 0 aromatic carbocycles. The minimum absolute atomic E-state index is 0.0295. The number of rotatable bonds is 8. The molecule has 0 radical (unpaired) electrons. The maximum atomic E-state index is 9.13. The van der Waals surface area contributed by atoms with Gasteiger partial charge in [0, 0.05) is 18.8 Å². The van der Waals surface area contributed by atoms with Crippen LogP contribution in [0.15, 0.2) is 6.07 Å². The van der Waals surface area contributed by atoms with E-state index in [9.17, 15) is 0 Å². The van der Waals surface area contributed by atoms with E-state index < -0.39 is 0 Å². The third-order valence-corrected chi connectivity index (χ3v) is 2.46. The van der Waals surface area contributed by atoms with Crippen LogP contribution in [-0.4, -0.2) is 53.1 Å². The Hall–Kier alpha value is -1.24. The second kappa shape index (κ2) is 7.97. The normalized spacial score (nSPS) is 10.7. The third kappa shape index (κ3) is 4.56. The van der Waals surface area contributed by atoms with E-state index in [-0.39, 0.29) is 13.2 Å². The van der Waals surface area contributed by atoms with Crippen molar-refractivity contribution in [3.8, 4) is 0 Å². The Morgan fingerprint density at radius 2 is 2.06 bits per heavy atom. The highest BCUT2D eigenvalue weighted by Gasteiger charge is 2.09. The Kier molecular flexibility index (Phi) is 6.56. The lowest BCUT2D eigenvalue weighted by Gasteiger charge is -2.21. The summed E-state index contributed by atoms with van der Waals surface area (Å²) in [6, 6.07) is 1.76. The monoisotopic (exact) mass is 255 g/mol. The summed E-state index contributed by atoms with van der Waals surface area (Å²) in [7, 11) is 0. The number of aliphatic hydroxyl groups excluding tert-OH is 2. The number of likely N-dealkylation sites (N-methyl/N-ethyl adjacent to an activating group) is 1. The van der Waals surface area contributed by atoms with E-state index in [0.717, 1.165) is 12.2 Å². The Bertz CT molecular complexity index is 360. The van der Waals surface area contributed by atoms with Crippen LogP contribution < -0.4 is 4.90 Å². The Morgan fingerprint density at radius 3 is 2.67 bits per heavy atom. The molecular formula is C12H21N3O3. The first-order valence-electron chi connectivity index (χ1n) is 6.10. The van der Waals surface area contributed by atoms with Crippen LogP contribution in [0.25, 0.3) is 0 Å². The Morgan fingerprint density at radius 1 is 1.28 bits per heavy atom. The van der Waals surface area contributed by atoms with Gasteiger partial charge in [-0.05, 0) is 19.9 Å². The molecule has 0 unspecified atom stereocenters. The van der Waals surface area contributed by atoms with Gasteiger partial charge in [0.2, 0.25) is 5.95 Å². The summed E-state index contributed by atoms with van der Waals surface area (Å²) in [5, 5.41) is 17.7. The van der Waals surface area contributed by atoms with Crippen LogP contribution in [0.1, 0.15) is 18.3 Å². The van der Waals surface area contributed by atoms with Crippen LogP contribution >= 0.6 is 0 Å². The molecule has 0 aliphatic rings. The summed E-state index contributed by atoms with van der Waals surface area (Å²) in [4.78, 5) is 10.6. The molecule has 0 fully saturated rings. The van der Waals surface area contributed by atoms with Gasteiger partial charge in [0.15, 0.2) is 0 Å². The summed E-state index contributed by atoms with van der Waals surface area (Å²) in [6.45, 7) is 6.10. The molecule has 0 amide bonds. The molecule has 1 heterocycles. The molecule has 0 bridgehead atoms. The fourth-order valence-electron chi connectivity index (χ4n) is 1.58. The quantitative estimate of drug-likeness (QED) is 0.642. The molecule has 0 aliphatic carbocycles. The predicted molar refractivity (Wildman–Crippen MR) is 68.5 cm³/mol. The molecule has 6 nitrogen and oxygen atoms in total. The molecule has 0 atom stereocenters. The Labute approximate surface area is 107 Å². The van der Waals surface area contributed by atoms with E-state index in [1.54, 1.807) is 6.07 Å². The van der Waals surface area contributed by atoms with Crippen LogP contribution in [-0.2, 0) is 11.3 Å². The number of anilines is 1.